The lowest BCUT2D eigenvalue weighted by molar-refractivity contribution is -0.167. The van der Waals surface area contributed by atoms with Gasteiger partial charge in [-0.2, -0.15) is 0 Å². The fourth-order valence-corrected chi connectivity index (χ4v) is 8.44. The number of unbranched alkanes of at least 4 members (excludes halogenated alkanes) is 31. The minimum Gasteiger partial charge on any atom is -0.462 e. The third kappa shape index (κ3) is 47.9. The second-order valence-electron chi connectivity index (χ2n) is 20.4. The zero-order chi connectivity index (χ0) is 45.6. The molecule has 6 heteroatoms. The first kappa shape index (κ1) is 60.4. The Balaban J connectivity index is 4.17. The molecule has 0 N–H and O–H groups in total. The lowest BCUT2D eigenvalue weighted by atomic mass is 9.99. The Morgan fingerprint density at radius 1 is 0.323 bits per heavy atom. The fraction of sp³-hybridized carbons (Fsp3) is 0.946. The first-order valence-electron chi connectivity index (χ1n) is 27.6. The summed E-state index contributed by atoms with van der Waals surface area (Å²) in [6.07, 6.45) is 48.3. The Hall–Kier alpha value is -1.59. The van der Waals surface area contributed by atoms with Crippen molar-refractivity contribution in [2.24, 2.45) is 17.8 Å². The summed E-state index contributed by atoms with van der Waals surface area (Å²) in [7, 11) is 0. The fourth-order valence-electron chi connectivity index (χ4n) is 8.44. The summed E-state index contributed by atoms with van der Waals surface area (Å²) in [5.74, 6) is 1.63. The van der Waals surface area contributed by atoms with E-state index in [1.807, 2.05) is 0 Å². The average Bonchev–Trinajstić information content (AvgIpc) is 3.24. The van der Waals surface area contributed by atoms with Crippen LogP contribution in [0, 0.1) is 17.8 Å². The number of carbonyl (C=O) groups excluding carboxylic acids is 3. The van der Waals surface area contributed by atoms with Gasteiger partial charge >= 0.3 is 17.9 Å². The summed E-state index contributed by atoms with van der Waals surface area (Å²) in [5.41, 5.74) is 0. The molecular formula is C56H108O6. The number of rotatable bonds is 49. The van der Waals surface area contributed by atoms with E-state index in [0.717, 1.165) is 75.5 Å². The van der Waals surface area contributed by atoms with Gasteiger partial charge in [-0.05, 0) is 37.0 Å². The summed E-state index contributed by atoms with van der Waals surface area (Å²) < 4.78 is 16.8. The molecule has 0 saturated heterocycles. The summed E-state index contributed by atoms with van der Waals surface area (Å²) in [4.78, 5) is 37.9. The Morgan fingerprint density at radius 2 is 0.565 bits per heavy atom. The van der Waals surface area contributed by atoms with E-state index in [0.29, 0.717) is 19.3 Å². The van der Waals surface area contributed by atoms with E-state index in [4.69, 9.17) is 14.2 Å². The van der Waals surface area contributed by atoms with E-state index in [1.54, 1.807) is 0 Å². The number of carbonyl (C=O) groups is 3. The highest BCUT2D eigenvalue weighted by atomic mass is 16.6. The lowest BCUT2D eigenvalue weighted by Gasteiger charge is -2.18. The Bertz CT molecular complexity index is 962. The van der Waals surface area contributed by atoms with Crippen LogP contribution in [-0.4, -0.2) is 37.2 Å². The van der Waals surface area contributed by atoms with Crippen molar-refractivity contribution in [1.29, 1.82) is 0 Å². The number of esters is 3. The largest absolute Gasteiger partial charge is 0.462 e. The van der Waals surface area contributed by atoms with E-state index < -0.39 is 6.10 Å². The van der Waals surface area contributed by atoms with Gasteiger partial charge < -0.3 is 14.2 Å². The molecule has 0 aromatic carbocycles. The zero-order valence-corrected chi connectivity index (χ0v) is 42.7. The van der Waals surface area contributed by atoms with Crippen molar-refractivity contribution >= 4 is 17.9 Å². The maximum absolute atomic E-state index is 12.8. The molecule has 62 heavy (non-hydrogen) atoms. The molecule has 0 rings (SSSR count). The Morgan fingerprint density at radius 3 is 0.839 bits per heavy atom. The molecule has 0 radical (unpaired) electrons. The summed E-state index contributed by atoms with van der Waals surface area (Å²) in [5, 5.41) is 0. The minimum absolute atomic E-state index is 0.0650. The molecule has 0 aromatic heterocycles. The minimum atomic E-state index is -0.763. The molecule has 6 nitrogen and oxygen atoms in total. The van der Waals surface area contributed by atoms with Gasteiger partial charge in [0, 0.05) is 19.3 Å². The maximum Gasteiger partial charge on any atom is 0.306 e. The first-order valence-corrected chi connectivity index (χ1v) is 27.6. The van der Waals surface area contributed by atoms with E-state index in [2.05, 4.69) is 41.5 Å². The lowest BCUT2D eigenvalue weighted by Crippen LogP contribution is -2.30. The van der Waals surface area contributed by atoms with E-state index >= 15 is 0 Å². The van der Waals surface area contributed by atoms with Gasteiger partial charge in [-0.25, -0.2) is 0 Å². The van der Waals surface area contributed by atoms with Crippen LogP contribution in [0.1, 0.15) is 305 Å². The van der Waals surface area contributed by atoms with Crippen molar-refractivity contribution in [1.82, 2.24) is 0 Å². The van der Waals surface area contributed by atoms with E-state index in [1.165, 1.54) is 186 Å². The van der Waals surface area contributed by atoms with Crippen LogP contribution >= 0.6 is 0 Å². The van der Waals surface area contributed by atoms with Crippen LogP contribution in [0.25, 0.3) is 0 Å². The van der Waals surface area contributed by atoms with Gasteiger partial charge in [0.2, 0.25) is 0 Å². The summed E-state index contributed by atoms with van der Waals surface area (Å²) in [6.45, 7) is 13.7. The van der Waals surface area contributed by atoms with Crippen LogP contribution < -0.4 is 0 Å². The second kappa shape index (κ2) is 47.4. The normalized spacial score (nSPS) is 12.6. The molecule has 0 amide bonds. The highest BCUT2D eigenvalue weighted by Crippen LogP contribution is 2.18. The second-order valence-corrected chi connectivity index (χ2v) is 20.4. The van der Waals surface area contributed by atoms with Crippen molar-refractivity contribution in [3.8, 4) is 0 Å². The maximum atomic E-state index is 12.8. The molecule has 0 aliphatic heterocycles. The molecule has 0 heterocycles. The zero-order valence-electron chi connectivity index (χ0n) is 42.7. The molecule has 1 unspecified atom stereocenters. The van der Waals surface area contributed by atoms with Crippen molar-refractivity contribution in [3.05, 3.63) is 0 Å². The highest BCUT2D eigenvalue weighted by molar-refractivity contribution is 5.71. The van der Waals surface area contributed by atoms with Crippen LogP contribution in [0.5, 0.6) is 0 Å². The van der Waals surface area contributed by atoms with Gasteiger partial charge in [0.15, 0.2) is 6.10 Å². The predicted octanol–water partition coefficient (Wildman–Crippen LogP) is 17.9. The third-order valence-electron chi connectivity index (χ3n) is 13.0. The van der Waals surface area contributed by atoms with Crippen LogP contribution in [-0.2, 0) is 28.6 Å². The number of hydrogen-bond acceptors (Lipinski definition) is 6. The monoisotopic (exact) mass is 877 g/mol. The van der Waals surface area contributed by atoms with E-state index in [9.17, 15) is 14.4 Å². The van der Waals surface area contributed by atoms with Crippen LogP contribution in [0.15, 0.2) is 0 Å². The van der Waals surface area contributed by atoms with Gasteiger partial charge in [-0.3, -0.25) is 14.4 Å². The molecule has 2 atom stereocenters. The van der Waals surface area contributed by atoms with Crippen molar-refractivity contribution in [2.45, 2.75) is 311 Å². The molecule has 0 fully saturated rings. The smallest absolute Gasteiger partial charge is 0.306 e. The molecule has 0 bridgehead atoms. The predicted molar refractivity (Wildman–Crippen MR) is 266 cm³/mol. The first-order chi connectivity index (χ1) is 30.1. The van der Waals surface area contributed by atoms with Gasteiger partial charge in [0.1, 0.15) is 13.2 Å². The SMILES string of the molecule is CCC(C)CCCCCCCCCCCCCCCCCCCCC(=O)OC[C@H](COC(=O)CCCCCCCCC(C)C)OC(=O)CCCCCCCCCCCCC(C)C. The quantitative estimate of drug-likeness (QED) is 0.0344. The van der Waals surface area contributed by atoms with Crippen LogP contribution in [0.2, 0.25) is 0 Å². The van der Waals surface area contributed by atoms with E-state index in [-0.39, 0.29) is 31.1 Å². The standard InChI is InChI=1S/C56H108O6/c1-7-52(6)44-38-32-25-21-16-14-12-10-8-9-11-13-15-17-22-26-33-39-45-54(57)60-48-53(49-61-55(58)46-40-34-29-28-31-37-43-51(4)5)62-56(59)47-41-35-27-23-19-18-20-24-30-36-42-50(2)3/h50-53H,7-49H2,1-6H3/t52?,53-/m1/s1. The molecule has 368 valence electrons. The Labute approximate surface area is 387 Å². The van der Waals surface area contributed by atoms with Crippen molar-refractivity contribution < 1.29 is 28.6 Å². The number of hydrogen-bond donors (Lipinski definition) is 0. The third-order valence-corrected chi connectivity index (χ3v) is 13.0. The average molecular weight is 877 g/mol. The molecule has 0 saturated carbocycles. The van der Waals surface area contributed by atoms with Crippen molar-refractivity contribution in [2.75, 3.05) is 13.2 Å². The number of ether oxygens (including phenoxy) is 3. The van der Waals surface area contributed by atoms with Gasteiger partial charge in [-0.15, -0.1) is 0 Å². The van der Waals surface area contributed by atoms with Gasteiger partial charge in [0.25, 0.3) is 0 Å². The van der Waals surface area contributed by atoms with Crippen molar-refractivity contribution in [3.63, 3.8) is 0 Å². The van der Waals surface area contributed by atoms with Gasteiger partial charge in [-0.1, -0.05) is 266 Å². The molecular weight excluding hydrogens is 769 g/mol. The molecule has 0 aliphatic rings. The summed E-state index contributed by atoms with van der Waals surface area (Å²) >= 11 is 0. The summed E-state index contributed by atoms with van der Waals surface area (Å²) in [6, 6.07) is 0. The molecule has 0 aliphatic carbocycles. The topological polar surface area (TPSA) is 78.9 Å². The van der Waals surface area contributed by atoms with Crippen LogP contribution in [0.3, 0.4) is 0 Å². The Kier molecular flexibility index (Phi) is 46.2. The molecule has 0 aromatic rings. The highest BCUT2D eigenvalue weighted by Gasteiger charge is 2.19. The molecule has 0 spiro atoms. The van der Waals surface area contributed by atoms with Crippen LogP contribution in [0.4, 0.5) is 0 Å². The van der Waals surface area contributed by atoms with Gasteiger partial charge in [0.05, 0.1) is 0 Å².